The second-order valence-corrected chi connectivity index (χ2v) is 8.78. The first-order valence-corrected chi connectivity index (χ1v) is 11.7. The fourth-order valence-electron chi connectivity index (χ4n) is 4.09. The van der Waals surface area contributed by atoms with Crippen LogP contribution in [0.15, 0.2) is 54.9 Å². The Morgan fingerprint density at radius 1 is 1.17 bits per heavy atom. The van der Waals surface area contributed by atoms with Gasteiger partial charge >= 0.3 is 0 Å². The van der Waals surface area contributed by atoms with Gasteiger partial charge in [-0.1, -0.05) is 30.3 Å². The molecule has 1 atom stereocenters. The van der Waals surface area contributed by atoms with Gasteiger partial charge in [-0.05, 0) is 19.7 Å². The minimum absolute atomic E-state index is 0.0270. The number of nitro groups is 1. The summed E-state index contributed by atoms with van der Waals surface area (Å²) in [7, 11) is 7.28. The van der Waals surface area contributed by atoms with E-state index in [1.165, 1.54) is 19.5 Å². The predicted octanol–water partition coefficient (Wildman–Crippen LogP) is 4.02. The number of hydrogen-bond acceptors (Lipinski definition) is 10. The summed E-state index contributed by atoms with van der Waals surface area (Å²) in [5, 5.41) is 16.9. The molecule has 0 amide bonds. The van der Waals surface area contributed by atoms with Gasteiger partial charge in [0.2, 0.25) is 0 Å². The molecule has 2 heterocycles. The molecule has 11 heteroatoms. The van der Waals surface area contributed by atoms with Crippen LogP contribution in [-0.2, 0) is 4.84 Å². The molecule has 1 fully saturated rings. The maximum atomic E-state index is 11.9. The molecule has 0 radical (unpaired) electrons. The number of benzene rings is 2. The van der Waals surface area contributed by atoms with Crippen LogP contribution in [0.25, 0.3) is 0 Å². The van der Waals surface area contributed by atoms with Gasteiger partial charge in [0.25, 0.3) is 5.69 Å². The lowest BCUT2D eigenvalue weighted by Crippen LogP contribution is -2.28. The molecule has 1 saturated heterocycles. The fraction of sp³-hybridized carbons (Fsp3) is 0.360. The average molecular weight is 494 g/mol. The van der Waals surface area contributed by atoms with E-state index in [1.807, 2.05) is 49.1 Å². The monoisotopic (exact) mass is 493 g/mol. The van der Waals surface area contributed by atoms with Gasteiger partial charge in [0, 0.05) is 44.8 Å². The average Bonchev–Trinajstić information content (AvgIpc) is 3.38. The molecule has 3 aromatic rings. The minimum Gasteiger partial charge on any atom is -0.494 e. The third kappa shape index (κ3) is 5.64. The van der Waals surface area contributed by atoms with Crippen LogP contribution in [0.2, 0.25) is 0 Å². The van der Waals surface area contributed by atoms with Gasteiger partial charge in [-0.3, -0.25) is 15.0 Å². The first-order chi connectivity index (χ1) is 17.4. The van der Waals surface area contributed by atoms with Crippen LogP contribution in [-0.4, -0.2) is 67.7 Å². The van der Waals surface area contributed by atoms with E-state index in [-0.39, 0.29) is 16.7 Å². The van der Waals surface area contributed by atoms with Gasteiger partial charge in [-0.2, -0.15) is 0 Å². The molecule has 190 valence electrons. The third-order valence-electron chi connectivity index (χ3n) is 6.02. The Kier molecular flexibility index (Phi) is 7.81. The molecule has 4 rings (SSSR count). The highest BCUT2D eigenvalue weighted by atomic mass is 16.7. The van der Waals surface area contributed by atoms with Crippen LogP contribution in [0.5, 0.6) is 5.75 Å². The molecule has 1 aliphatic rings. The van der Waals surface area contributed by atoms with Gasteiger partial charge < -0.3 is 19.9 Å². The Bertz CT molecular complexity index is 1190. The third-order valence-corrected chi connectivity index (χ3v) is 6.02. The van der Waals surface area contributed by atoms with Crippen LogP contribution < -0.4 is 20.0 Å². The van der Waals surface area contributed by atoms with E-state index in [4.69, 9.17) is 9.57 Å². The first kappa shape index (κ1) is 25.1. The van der Waals surface area contributed by atoms with E-state index in [2.05, 4.69) is 27.4 Å². The number of hydrogen-bond donors (Lipinski definition) is 1. The normalized spacial score (nSPS) is 15.2. The Labute approximate surface area is 210 Å². The molecule has 1 N–H and O–H groups in total. The van der Waals surface area contributed by atoms with Gasteiger partial charge in [0.05, 0.1) is 30.4 Å². The van der Waals surface area contributed by atoms with Crippen molar-refractivity contribution in [2.75, 3.05) is 63.2 Å². The molecule has 1 unspecified atom stereocenters. The zero-order valence-electron chi connectivity index (χ0n) is 20.9. The van der Waals surface area contributed by atoms with Crippen LogP contribution in [0.3, 0.4) is 0 Å². The number of rotatable bonds is 10. The van der Waals surface area contributed by atoms with E-state index in [0.717, 1.165) is 18.5 Å². The lowest BCUT2D eigenvalue weighted by atomic mass is 10.0. The maximum absolute atomic E-state index is 11.9. The zero-order chi connectivity index (χ0) is 25.7. The Morgan fingerprint density at radius 2 is 1.94 bits per heavy atom. The molecule has 0 aliphatic carbocycles. The predicted molar refractivity (Wildman–Crippen MR) is 139 cm³/mol. The van der Waals surface area contributed by atoms with Gasteiger partial charge in [0.15, 0.2) is 5.82 Å². The molecule has 0 spiro atoms. The molecule has 11 nitrogen and oxygen atoms in total. The van der Waals surface area contributed by atoms with Gasteiger partial charge in [0.1, 0.15) is 23.6 Å². The molecule has 1 aromatic heterocycles. The molecule has 36 heavy (non-hydrogen) atoms. The Morgan fingerprint density at radius 3 is 2.64 bits per heavy atom. The highest BCUT2D eigenvalue weighted by Gasteiger charge is 2.29. The number of methoxy groups -OCH3 is 1. The Hall–Kier alpha value is -3.96. The van der Waals surface area contributed by atoms with Crippen molar-refractivity contribution in [3.05, 3.63) is 70.5 Å². The minimum atomic E-state index is -0.389. The smallest absolute Gasteiger partial charge is 0.294 e. The first-order valence-electron chi connectivity index (χ1n) is 11.7. The topological polar surface area (TPSA) is 109 Å². The van der Waals surface area contributed by atoms with E-state index in [9.17, 15) is 10.1 Å². The summed E-state index contributed by atoms with van der Waals surface area (Å²) in [5.41, 5.74) is 2.01. The number of nitrogens with zero attached hydrogens (tertiary/aromatic N) is 6. The summed E-state index contributed by atoms with van der Waals surface area (Å²) < 4.78 is 5.57. The van der Waals surface area contributed by atoms with Crippen molar-refractivity contribution in [2.24, 2.45) is 0 Å². The molecule has 2 aromatic carbocycles. The largest absolute Gasteiger partial charge is 0.494 e. The number of anilines is 4. The summed E-state index contributed by atoms with van der Waals surface area (Å²) in [6.45, 7) is 1.95. The van der Waals surface area contributed by atoms with Gasteiger partial charge in [-0.15, -0.1) is 0 Å². The number of likely N-dealkylation sites (N-methyl/N-ethyl adjacent to an activating group) is 2. The van der Waals surface area contributed by atoms with Crippen molar-refractivity contribution in [3.8, 4) is 5.75 Å². The standard InChI is InChI=1S/C25H31N7O4/c1-29(2)11-12-30(3)21-15-23(35-4)19(14-22(21)32(33)34)28-24-16-25(27-17-26-24)31-20(10-13-36-31)18-8-6-5-7-9-18/h5-9,14-17,20H,10-13H2,1-4H3,(H,26,27,28). The van der Waals surface area contributed by atoms with Crippen molar-refractivity contribution in [3.63, 3.8) is 0 Å². The highest BCUT2D eigenvalue weighted by molar-refractivity contribution is 5.77. The van der Waals surface area contributed by atoms with Crippen LogP contribution >= 0.6 is 0 Å². The number of nitrogens with one attached hydrogen (secondary N) is 1. The lowest BCUT2D eigenvalue weighted by molar-refractivity contribution is -0.384. The molecular weight excluding hydrogens is 462 g/mol. The summed E-state index contributed by atoms with van der Waals surface area (Å²) in [6, 6.07) is 15.0. The highest BCUT2D eigenvalue weighted by Crippen LogP contribution is 2.40. The van der Waals surface area contributed by atoms with E-state index in [1.54, 1.807) is 17.2 Å². The van der Waals surface area contributed by atoms with Crippen LogP contribution in [0.1, 0.15) is 18.0 Å². The maximum Gasteiger partial charge on any atom is 0.294 e. The second-order valence-electron chi connectivity index (χ2n) is 8.78. The zero-order valence-corrected chi connectivity index (χ0v) is 20.9. The fourth-order valence-corrected chi connectivity index (χ4v) is 4.09. The summed E-state index contributed by atoms with van der Waals surface area (Å²) >= 11 is 0. The SMILES string of the molecule is COc1cc(N(C)CCN(C)C)c([N+](=O)[O-])cc1Nc1cc(N2OCCC2c2ccccc2)ncn1. The molecular formula is C25H31N7O4. The number of hydroxylamine groups is 1. The van der Waals surface area contributed by atoms with Crippen molar-refractivity contribution >= 4 is 28.7 Å². The van der Waals surface area contributed by atoms with E-state index in [0.29, 0.717) is 41.9 Å². The quantitative estimate of drug-likeness (QED) is 0.328. The lowest BCUT2D eigenvalue weighted by Gasteiger charge is -2.24. The van der Waals surface area contributed by atoms with Crippen molar-refractivity contribution < 1.29 is 14.5 Å². The molecule has 0 saturated carbocycles. The Balaban J connectivity index is 1.61. The number of ether oxygens (including phenoxy) is 1. The van der Waals surface area contributed by atoms with E-state index < -0.39 is 0 Å². The van der Waals surface area contributed by atoms with Gasteiger partial charge in [-0.25, -0.2) is 15.0 Å². The van der Waals surface area contributed by atoms with Crippen LogP contribution in [0.4, 0.5) is 28.7 Å². The number of nitro benzene ring substituents is 1. The molecule has 0 bridgehead atoms. The summed E-state index contributed by atoms with van der Waals surface area (Å²) in [4.78, 5) is 30.0. The molecule has 1 aliphatic heterocycles. The van der Waals surface area contributed by atoms with Crippen molar-refractivity contribution in [1.82, 2.24) is 14.9 Å². The number of aromatic nitrogens is 2. The van der Waals surface area contributed by atoms with E-state index >= 15 is 0 Å². The summed E-state index contributed by atoms with van der Waals surface area (Å²) in [6.07, 6.45) is 2.27. The van der Waals surface area contributed by atoms with Crippen LogP contribution in [0, 0.1) is 10.1 Å². The summed E-state index contributed by atoms with van der Waals surface area (Å²) in [5.74, 6) is 1.52. The van der Waals surface area contributed by atoms with Crippen molar-refractivity contribution in [2.45, 2.75) is 12.5 Å². The second kappa shape index (κ2) is 11.2. The van der Waals surface area contributed by atoms with Crippen molar-refractivity contribution in [1.29, 1.82) is 0 Å².